The van der Waals surface area contributed by atoms with Crippen molar-refractivity contribution in [2.24, 2.45) is 46.3 Å². The van der Waals surface area contributed by atoms with Gasteiger partial charge in [0.25, 0.3) is 0 Å². The van der Waals surface area contributed by atoms with Gasteiger partial charge in [0.1, 0.15) is 19.0 Å². The van der Waals surface area contributed by atoms with Crippen LogP contribution in [0.2, 0.25) is 0 Å². The van der Waals surface area contributed by atoms with Gasteiger partial charge in [-0.3, -0.25) is 19.1 Å². The standard InChI is InChI=1S/C65H93N5O10/c1-44(2)15-14-16-45(3)53-23-24-54-51-22-21-48-39-50(29-31-64(48,4)55(51)30-32-65(53,54)5)80-36-13-11-34-67-63(76)43-79-42-62(75)66-33-10-8-9-12-35-70-41-49(68-69-70)40-52(56(71)25-17-46-19-27-58(73)60(37-46)77-6)57(72)26-18-47-20-28-59(74)61(38-47)78-7/h17-21,25-28,37-38,41,44-45,50-51,53-55,71,73-74H,8-16,22-24,29-36,39-40,42-43H2,1-7H3,(H,66,75)(H,67,76)/b25-17+,26-18+,56-52-/t45-,50+,51+,53-,54+,55+,64+,65-/m1/s1. The number of aromatic hydroxyl groups is 2. The number of allylic oxidation sites excluding steroid dienone is 4. The molecule has 2 amide bonds. The quantitative estimate of drug-likeness (QED) is 0.0134. The minimum atomic E-state index is -0.458. The summed E-state index contributed by atoms with van der Waals surface area (Å²) in [6.07, 6.45) is 30.2. The molecule has 15 nitrogen and oxygen atoms in total. The molecule has 4 aliphatic rings. The number of nitrogens with one attached hydrogen (secondary N) is 2. The summed E-state index contributed by atoms with van der Waals surface area (Å²) in [6, 6.07) is 9.41. The third-order valence-corrected chi connectivity index (χ3v) is 18.4. The van der Waals surface area contributed by atoms with E-state index in [0.717, 1.165) is 86.9 Å². The number of unbranched alkanes of at least 4 members (excludes halogenated alkanes) is 4. The number of hydrogen-bond acceptors (Lipinski definition) is 12. The van der Waals surface area contributed by atoms with Gasteiger partial charge in [-0.25, -0.2) is 0 Å². The third kappa shape index (κ3) is 16.6. The Labute approximate surface area is 476 Å². The van der Waals surface area contributed by atoms with Crippen molar-refractivity contribution in [3.63, 3.8) is 0 Å². The highest BCUT2D eigenvalue weighted by atomic mass is 16.5. The second kappa shape index (κ2) is 29.7. The lowest BCUT2D eigenvalue weighted by Crippen LogP contribution is -2.51. The van der Waals surface area contributed by atoms with Gasteiger partial charge in [0.05, 0.1) is 26.0 Å². The van der Waals surface area contributed by atoms with E-state index >= 15 is 0 Å². The number of fused-ring (bicyclic) bond motifs is 5. The Balaban J connectivity index is 0.731. The molecule has 8 atom stereocenters. The molecular formula is C65H93N5O10. The van der Waals surface area contributed by atoms with Gasteiger partial charge in [-0.1, -0.05) is 108 Å². The number of carbonyl (C=O) groups is 3. The predicted octanol–water partition coefficient (Wildman–Crippen LogP) is 12.1. The number of amides is 2. The second-order valence-corrected chi connectivity index (χ2v) is 24.2. The molecule has 2 aromatic carbocycles. The van der Waals surface area contributed by atoms with E-state index in [2.05, 4.69) is 61.6 Å². The molecule has 0 bridgehead atoms. The zero-order valence-corrected chi connectivity index (χ0v) is 49.0. The van der Waals surface area contributed by atoms with Gasteiger partial charge in [-0.2, -0.15) is 0 Å². The van der Waals surface area contributed by atoms with E-state index in [4.69, 9.17) is 18.9 Å². The van der Waals surface area contributed by atoms with E-state index in [1.165, 1.54) is 96.3 Å². The number of methoxy groups -OCH3 is 2. The summed E-state index contributed by atoms with van der Waals surface area (Å²) in [6.45, 7) is 14.6. The van der Waals surface area contributed by atoms with Crippen LogP contribution in [0.25, 0.3) is 12.2 Å². The monoisotopic (exact) mass is 1100 g/mol. The van der Waals surface area contributed by atoms with Crippen LogP contribution in [0, 0.1) is 46.3 Å². The van der Waals surface area contributed by atoms with Crippen LogP contribution in [0.5, 0.6) is 23.0 Å². The fourth-order valence-electron chi connectivity index (χ4n) is 14.0. The number of ketones is 1. The van der Waals surface area contributed by atoms with Crippen LogP contribution in [-0.2, 0) is 36.8 Å². The molecule has 0 aliphatic heterocycles. The van der Waals surface area contributed by atoms with Crippen molar-refractivity contribution in [1.82, 2.24) is 25.6 Å². The van der Waals surface area contributed by atoms with Gasteiger partial charge in [0, 0.05) is 44.4 Å². The second-order valence-electron chi connectivity index (χ2n) is 24.2. The van der Waals surface area contributed by atoms with E-state index in [9.17, 15) is 29.7 Å². The highest BCUT2D eigenvalue weighted by Crippen LogP contribution is 2.67. The number of aromatic nitrogens is 3. The normalized spacial score (nSPS) is 24.2. The van der Waals surface area contributed by atoms with Crippen LogP contribution >= 0.6 is 0 Å². The molecule has 1 aromatic heterocycles. The molecular weight excluding hydrogens is 1010 g/mol. The number of benzene rings is 2. The summed E-state index contributed by atoms with van der Waals surface area (Å²) in [5.41, 5.74) is 4.31. The number of aliphatic hydroxyl groups is 1. The number of rotatable bonds is 31. The Hall–Kier alpha value is -5.93. The molecule has 1 heterocycles. The summed E-state index contributed by atoms with van der Waals surface area (Å²) in [4.78, 5) is 38.4. The van der Waals surface area contributed by atoms with E-state index < -0.39 is 5.78 Å². The van der Waals surface area contributed by atoms with Crippen molar-refractivity contribution in [1.29, 1.82) is 0 Å². The number of phenolic OH excluding ortho intramolecular Hbond substituents is 2. The average Bonchev–Trinajstić information content (AvgIpc) is 4.23. The predicted molar refractivity (Wildman–Crippen MR) is 313 cm³/mol. The van der Waals surface area contributed by atoms with Gasteiger partial charge in [0.2, 0.25) is 11.8 Å². The Morgan fingerprint density at radius 1 is 0.787 bits per heavy atom. The van der Waals surface area contributed by atoms with Gasteiger partial charge in [-0.05, 0) is 171 Å². The minimum Gasteiger partial charge on any atom is -0.508 e. The van der Waals surface area contributed by atoms with Gasteiger partial charge < -0.3 is 44.9 Å². The lowest BCUT2D eigenvalue weighted by molar-refractivity contribution is -0.131. The number of nitrogens with zero attached hydrogens (tertiary/aromatic N) is 3. The number of phenols is 2. The first kappa shape index (κ1) is 61.7. The van der Waals surface area contributed by atoms with Crippen LogP contribution < -0.4 is 20.1 Å². The molecule has 4 aliphatic carbocycles. The topological polar surface area (TPSA) is 204 Å². The highest BCUT2D eigenvalue weighted by molar-refractivity contribution is 6.07. The first-order valence-corrected chi connectivity index (χ1v) is 29.9. The van der Waals surface area contributed by atoms with Gasteiger partial charge in [-0.15, -0.1) is 5.10 Å². The minimum absolute atomic E-state index is 0.000280. The zero-order chi connectivity index (χ0) is 57.2. The van der Waals surface area contributed by atoms with Crippen LogP contribution in [0.1, 0.15) is 161 Å². The van der Waals surface area contributed by atoms with Crippen molar-refractivity contribution in [2.45, 2.75) is 163 Å². The smallest absolute Gasteiger partial charge is 0.246 e. The first-order chi connectivity index (χ1) is 38.5. The molecule has 0 saturated heterocycles. The SMILES string of the molecule is COc1cc(/C=C/C(=O)/C(Cc2cn(CCCCCCNC(=O)COCC(=O)NCCCCO[C@H]3CC[C@@]4(C)C(=CC[C@H]5[C@@H]6CC[C@H]([C@H](C)CCCC(C)C)[C@@]6(C)CC[C@@H]54)C3)nn2)=C(O)/C=C/c2ccc(O)c(OC)c2)ccc1O. The Bertz CT molecular complexity index is 2660. The number of hydrogen-bond donors (Lipinski definition) is 5. The summed E-state index contributed by atoms with van der Waals surface area (Å²) in [5, 5.41) is 45.5. The van der Waals surface area contributed by atoms with E-state index in [0.29, 0.717) is 53.9 Å². The van der Waals surface area contributed by atoms with E-state index in [1.54, 1.807) is 52.9 Å². The molecule has 80 heavy (non-hydrogen) atoms. The molecule has 438 valence electrons. The molecule has 7 rings (SSSR count). The van der Waals surface area contributed by atoms with Crippen molar-refractivity contribution in [3.8, 4) is 23.0 Å². The molecule has 0 spiro atoms. The average molecular weight is 1100 g/mol. The maximum absolute atomic E-state index is 13.6. The number of carbonyl (C=O) groups excluding carboxylic acids is 3. The highest BCUT2D eigenvalue weighted by Gasteiger charge is 2.59. The Morgan fingerprint density at radius 3 is 2.12 bits per heavy atom. The van der Waals surface area contributed by atoms with Crippen molar-refractivity contribution < 1.29 is 48.7 Å². The Morgan fingerprint density at radius 2 is 1.45 bits per heavy atom. The lowest BCUT2D eigenvalue weighted by atomic mass is 9.47. The van der Waals surface area contributed by atoms with Crippen molar-refractivity contribution in [3.05, 3.63) is 94.5 Å². The summed E-state index contributed by atoms with van der Waals surface area (Å²) in [5.74, 6) is 4.33. The summed E-state index contributed by atoms with van der Waals surface area (Å²) in [7, 11) is 2.88. The van der Waals surface area contributed by atoms with Crippen LogP contribution in [-0.4, -0.2) is 101 Å². The zero-order valence-electron chi connectivity index (χ0n) is 49.0. The summed E-state index contributed by atoms with van der Waals surface area (Å²) < 4.78 is 23.9. The molecule has 0 unspecified atom stereocenters. The van der Waals surface area contributed by atoms with E-state index in [1.807, 2.05) is 0 Å². The van der Waals surface area contributed by atoms with Crippen molar-refractivity contribution >= 4 is 29.7 Å². The number of aliphatic hydroxyl groups excluding tert-OH is 1. The third-order valence-electron chi connectivity index (χ3n) is 18.4. The first-order valence-electron chi connectivity index (χ1n) is 29.9. The number of ether oxygens (including phenoxy) is 4. The molecule has 3 aromatic rings. The van der Waals surface area contributed by atoms with E-state index in [-0.39, 0.29) is 71.9 Å². The van der Waals surface area contributed by atoms with Crippen molar-refractivity contribution in [2.75, 3.05) is 47.1 Å². The van der Waals surface area contributed by atoms with Crippen LogP contribution in [0.4, 0.5) is 0 Å². The summed E-state index contributed by atoms with van der Waals surface area (Å²) >= 11 is 0. The fourth-order valence-corrected chi connectivity index (χ4v) is 14.0. The fraction of sp³-hybridized carbons (Fsp3) is 0.615. The lowest BCUT2D eigenvalue weighted by Gasteiger charge is -2.58. The maximum atomic E-state index is 13.6. The number of aryl methyl sites for hydroxylation is 1. The van der Waals surface area contributed by atoms with Crippen LogP contribution in [0.15, 0.2) is 77.7 Å². The maximum Gasteiger partial charge on any atom is 0.246 e. The van der Waals surface area contributed by atoms with Gasteiger partial charge in [0.15, 0.2) is 28.8 Å². The molecule has 15 heteroatoms. The molecule has 5 N–H and O–H groups in total. The van der Waals surface area contributed by atoms with Crippen LogP contribution in [0.3, 0.4) is 0 Å². The van der Waals surface area contributed by atoms with Gasteiger partial charge >= 0.3 is 0 Å². The molecule has 3 saturated carbocycles. The molecule has 0 radical (unpaired) electrons. The largest absolute Gasteiger partial charge is 0.508 e. The molecule has 3 fully saturated rings. The Kier molecular flexibility index (Phi) is 22.9.